The lowest BCUT2D eigenvalue weighted by Gasteiger charge is -2.07. The number of anilines is 1. The monoisotopic (exact) mass is 440 g/mol. The molecule has 0 spiro atoms. The molecule has 0 aliphatic rings. The number of aromatic nitrogens is 3. The number of carbonyl (C=O) groups is 2. The zero-order chi connectivity index (χ0) is 21.3. The number of halogens is 2. The lowest BCUT2D eigenvalue weighted by Crippen LogP contribution is -2.23. The van der Waals surface area contributed by atoms with E-state index >= 15 is 0 Å². The van der Waals surface area contributed by atoms with Crippen LogP contribution >= 0.6 is 23.2 Å². The average Bonchev–Trinajstić information content (AvgIpc) is 3.09. The van der Waals surface area contributed by atoms with Crippen LogP contribution in [0.2, 0.25) is 10.0 Å². The first-order chi connectivity index (χ1) is 14.4. The molecule has 0 aliphatic heterocycles. The lowest BCUT2D eigenvalue weighted by molar-refractivity contribution is -0.112. The molecule has 0 radical (unpaired) electrons. The van der Waals surface area contributed by atoms with Gasteiger partial charge < -0.3 is 15.0 Å². The summed E-state index contributed by atoms with van der Waals surface area (Å²) in [6.07, 6.45) is 5.81. The minimum atomic E-state index is -0.884. The third-order valence-electron chi connectivity index (χ3n) is 4.44. The van der Waals surface area contributed by atoms with Crippen LogP contribution in [0.5, 0.6) is 5.75 Å². The van der Waals surface area contributed by atoms with Gasteiger partial charge in [0.15, 0.2) is 0 Å². The van der Waals surface area contributed by atoms with Gasteiger partial charge in [-0.3, -0.25) is 14.6 Å². The maximum atomic E-state index is 12.9. The van der Waals surface area contributed by atoms with Crippen LogP contribution in [-0.4, -0.2) is 31.3 Å². The molecular weight excluding hydrogens is 427 g/mol. The highest BCUT2D eigenvalue weighted by molar-refractivity contribution is 6.50. The van der Waals surface area contributed by atoms with Crippen LogP contribution in [-0.2, 0) is 11.3 Å². The van der Waals surface area contributed by atoms with Gasteiger partial charge in [0.25, 0.3) is 11.7 Å². The molecule has 9 heteroatoms. The molecule has 3 aromatic heterocycles. The van der Waals surface area contributed by atoms with E-state index in [0.29, 0.717) is 17.6 Å². The summed E-state index contributed by atoms with van der Waals surface area (Å²) in [5, 5.41) is 12.9. The molecule has 0 bridgehead atoms. The van der Waals surface area contributed by atoms with Crippen LogP contribution in [0.3, 0.4) is 0 Å². The molecule has 1 amide bonds. The number of benzene rings is 1. The molecule has 30 heavy (non-hydrogen) atoms. The molecule has 1 aromatic carbocycles. The van der Waals surface area contributed by atoms with Gasteiger partial charge in [-0.25, -0.2) is 4.98 Å². The van der Waals surface area contributed by atoms with Crippen LogP contribution in [0.4, 0.5) is 5.69 Å². The van der Waals surface area contributed by atoms with E-state index in [4.69, 9.17) is 23.2 Å². The van der Waals surface area contributed by atoms with Crippen LogP contribution < -0.4 is 5.32 Å². The fourth-order valence-electron chi connectivity index (χ4n) is 3.10. The Hall–Kier alpha value is -3.42. The largest absolute Gasteiger partial charge is 0.508 e. The second kappa shape index (κ2) is 8.14. The number of hydrogen-bond donors (Lipinski definition) is 2. The van der Waals surface area contributed by atoms with Gasteiger partial charge >= 0.3 is 0 Å². The summed E-state index contributed by atoms with van der Waals surface area (Å²) in [4.78, 5) is 33.7. The third-order valence-corrected chi connectivity index (χ3v) is 5.01. The van der Waals surface area contributed by atoms with Crippen molar-refractivity contribution >= 4 is 51.6 Å². The molecule has 3 heterocycles. The fraction of sp³-hybridized carbons (Fsp3) is 0.0476. The quantitative estimate of drug-likeness (QED) is 0.355. The number of aromatic hydroxyl groups is 1. The van der Waals surface area contributed by atoms with Crippen LogP contribution in [0.1, 0.15) is 15.9 Å². The van der Waals surface area contributed by atoms with Crippen molar-refractivity contribution in [1.82, 2.24) is 14.5 Å². The first kappa shape index (κ1) is 19.9. The number of phenols is 1. The van der Waals surface area contributed by atoms with E-state index in [1.54, 1.807) is 47.3 Å². The predicted octanol–water partition coefficient (Wildman–Crippen LogP) is 4.31. The Morgan fingerprint density at radius 3 is 2.60 bits per heavy atom. The summed E-state index contributed by atoms with van der Waals surface area (Å²) in [7, 11) is 0. The average molecular weight is 441 g/mol. The number of nitrogens with zero attached hydrogens (tertiary/aromatic N) is 3. The minimum absolute atomic E-state index is 0.119. The number of ketones is 1. The summed E-state index contributed by atoms with van der Waals surface area (Å²) < 4.78 is 1.75. The van der Waals surface area contributed by atoms with Crippen molar-refractivity contribution in [1.29, 1.82) is 0 Å². The molecule has 150 valence electrons. The van der Waals surface area contributed by atoms with Gasteiger partial charge in [-0.1, -0.05) is 35.3 Å². The number of nitrogens with one attached hydrogen (secondary N) is 1. The molecule has 0 saturated carbocycles. The number of rotatable bonds is 5. The molecule has 0 aliphatic carbocycles. The number of phenolic OH excluding ortho intramolecular Hbond substituents is 1. The standard InChI is InChI=1S/C21H14Cl2N4O3/c22-16-8-24-9-17(23)18(16)26-21(30)19(29)15-11-27(20-14(15)5-2-6-25-20)10-12-3-1-4-13(28)7-12/h1-9,11,28H,10H2,(H,24,26,30). The van der Waals surface area contributed by atoms with Gasteiger partial charge in [-0.05, 0) is 29.8 Å². The zero-order valence-corrected chi connectivity index (χ0v) is 16.9. The van der Waals surface area contributed by atoms with Gasteiger partial charge in [-0.2, -0.15) is 0 Å². The highest BCUT2D eigenvalue weighted by atomic mass is 35.5. The Kier molecular flexibility index (Phi) is 5.39. The van der Waals surface area contributed by atoms with Crippen molar-refractivity contribution in [2.24, 2.45) is 0 Å². The molecule has 4 rings (SSSR count). The van der Waals surface area contributed by atoms with Crippen molar-refractivity contribution < 1.29 is 14.7 Å². The zero-order valence-electron chi connectivity index (χ0n) is 15.3. The number of amides is 1. The van der Waals surface area contributed by atoms with E-state index in [0.717, 1.165) is 5.56 Å². The molecule has 7 nitrogen and oxygen atoms in total. The van der Waals surface area contributed by atoms with Crippen LogP contribution in [0.15, 0.2) is 61.2 Å². The van der Waals surface area contributed by atoms with Gasteiger partial charge in [-0.15, -0.1) is 0 Å². The van der Waals surface area contributed by atoms with E-state index in [2.05, 4.69) is 15.3 Å². The smallest absolute Gasteiger partial charge is 0.296 e. The topological polar surface area (TPSA) is 97.1 Å². The molecule has 2 N–H and O–H groups in total. The summed E-state index contributed by atoms with van der Waals surface area (Å²) in [6, 6.07) is 10.2. The lowest BCUT2D eigenvalue weighted by atomic mass is 10.1. The minimum Gasteiger partial charge on any atom is -0.508 e. The highest BCUT2D eigenvalue weighted by Crippen LogP contribution is 2.29. The Labute approximate surface area is 180 Å². The van der Waals surface area contributed by atoms with E-state index in [1.807, 2.05) is 6.07 Å². The molecule has 4 aromatic rings. The number of Topliss-reactive ketones (excluding diaryl/α,β-unsaturated/α-hetero) is 1. The predicted molar refractivity (Wildman–Crippen MR) is 114 cm³/mol. The van der Waals surface area contributed by atoms with E-state index < -0.39 is 11.7 Å². The van der Waals surface area contributed by atoms with E-state index in [-0.39, 0.29) is 27.0 Å². The highest BCUT2D eigenvalue weighted by Gasteiger charge is 2.23. The Bertz CT molecular complexity index is 1270. The van der Waals surface area contributed by atoms with E-state index in [9.17, 15) is 14.7 Å². The van der Waals surface area contributed by atoms with Crippen molar-refractivity contribution in [2.75, 3.05) is 5.32 Å². The van der Waals surface area contributed by atoms with Crippen molar-refractivity contribution in [3.05, 3.63) is 82.4 Å². The van der Waals surface area contributed by atoms with Crippen LogP contribution in [0.25, 0.3) is 11.0 Å². The number of pyridine rings is 2. The number of carbonyl (C=O) groups excluding carboxylic acids is 2. The summed E-state index contributed by atoms with van der Waals surface area (Å²) in [5.41, 5.74) is 1.67. The molecule has 0 atom stereocenters. The fourth-order valence-corrected chi connectivity index (χ4v) is 3.56. The van der Waals surface area contributed by atoms with Crippen molar-refractivity contribution in [2.45, 2.75) is 6.54 Å². The van der Waals surface area contributed by atoms with E-state index in [1.165, 1.54) is 12.4 Å². The van der Waals surface area contributed by atoms with Crippen LogP contribution in [0, 0.1) is 0 Å². The third kappa shape index (κ3) is 3.85. The second-order valence-electron chi connectivity index (χ2n) is 6.48. The van der Waals surface area contributed by atoms with Gasteiger partial charge in [0, 0.05) is 36.7 Å². The normalized spacial score (nSPS) is 10.9. The summed E-state index contributed by atoms with van der Waals surface area (Å²) in [6.45, 7) is 0.360. The molecule has 0 saturated heterocycles. The van der Waals surface area contributed by atoms with Crippen molar-refractivity contribution in [3.63, 3.8) is 0 Å². The first-order valence-corrected chi connectivity index (χ1v) is 9.56. The van der Waals surface area contributed by atoms with Gasteiger partial charge in [0.1, 0.15) is 11.4 Å². The van der Waals surface area contributed by atoms with Gasteiger partial charge in [0.2, 0.25) is 0 Å². The van der Waals surface area contributed by atoms with Gasteiger partial charge in [0.05, 0.1) is 21.3 Å². The second-order valence-corrected chi connectivity index (χ2v) is 7.29. The summed E-state index contributed by atoms with van der Waals surface area (Å²) >= 11 is 12.0. The molecule has 0 fully saturated rings. The van der Waals surface area contributed by atoms with Crippen molar-refractivity contribution in [3.8, 4) is 5.75 Å². The maximum Gasteiger partial charge on any atom is 0.296 e. The Balaban J connectivity index is 1.68. The maximum absolute atomic E-state index is 12.9. The number of fused-ring (bicyclic) bond motifs is 1. The first-order valence-electron chi connectivity index (χ1n) is 8.80. The Morgan fingerprint density at radius 2 is 1.87 bits per heavy atom. The molecule has 0 unspecified atom stereocenters. The Morgan fingerprint density at radius 1 is 1.10 bits per heavy atom. The summed E-state index contributed by atoms with van der Waals surface area (Å²) in [5.74, 6) is -1.50. The number of hydrogen-bond acceptors (Lipinski definition) is 5. The SMILES string of the molecule is O=C(Nc1c(Cl)cncc1Cl)C(=O)c1cn(Cc2cccc(O)c2)c2ncccc12. The molecular formula is C21H14Cl2N4O3.